The van der Waals surface area contributed by atoms with E-state index in [1.807, 2.05) is 13.8 Å². The summed E-state index contributed by atoms with van der Waals surface area (Å²) in [4.78, 5) is 34.8. The van der Waals surface area contributed by atoms with Crippen molar-refractivity contribution in [1.29, 1.82) is 0 Å². The second-order valence-electron chi connectivity index (χ2n) is 5.90. The van der Waals surface area contributed by atoms with E-state index in [1.54, 1.807) is 19.1 Å². The van der Waals surface area contributed by atoms with Gasteiger partial charge in [-0.3, -0.25) is 9.59 Å². The zero-order valence-electron chi connectivity index (χ0n) is 13.9. The summed E-state index contributed by atoms with van der Waals surface area (Å²) in [5.74, 6) is -0.749. The number of aromatic carboxylic acids is 1. The van der Waals surface area contributed by atoms with E-state index in [0.717, 1.165) is 11.8 Å². The van der Waals surface area contributed by atoms with Crippen molar-refractivity contribution in [2.75, 3.05) is 11.1 Å². The normalized spacial score (nSPS) is 12.0. The summed E-state index contributed by atoms with van der Waals surface area (Å²) in [5, 5.41) is 11.9. The first-order chi connectivity index (χ1) is 10.7. The van der Waals surface area contributed by atoms with Gasteiger partial charge in [-0.1, -0.05) is 31.7 Å². The summed E-state index contributed by atoms with van der Waals surface area (Å²) in [7, 11) is 0. The van der Waals surface area contributed by atoms with E-state index in [2.05, 4.69) is 5.32 Å². The third kappa shape index (κ3) is 6.06. The number of nitrogens with one attached hydrogen (secondary N) is 1. The number of hydrogen-bond donors (Lipinski definition) is 2. The highest BCUT2D eigenvalue weighted by Gasteiger charge is 2.22. The summed E-state index contributed by atoms with van der Waals surface area (Å²) in [6.07, 6.45) is 0.670. The molecule has 0 saturated heterocycles. The Kier molecular flexibility index (Phi) is 7.29. The molecule has 0 aromatic heterocycles. The van der Waals surface area contributed by atoms with Gasteiger partial charge >= 0.3 is 5.97 Å². The van der Waals surface area contributed by atoms with Gasteiger partial charge in [0, 0.05) is 24.3 Å². The largest absolute Gasteiger partial charge is 0.478 e. The van der Waals surface area contributed by atoms with Crippen molar-refractivity contribution >= 4 is 34.4 Å². The smallest absolute Gasteiger partial charge is 0.336 e. The molecule has 1 aromatic rings. The topological polar surface area (TPSA) is 83.5 Å². The molecule has 126 valence electrons. The van der Waals surface area contributed by atoms with Crippen LogP contribution in [0.25, 0.3) is 0 Å². The number of amides is 1. The monoisotopic (exact) mass is 337 g/mol. The van der Waals surface area contributed by atoms with Crippen molar-refractivity contribution in [1.82, 2.24) is 0 Å². The molecule has 2 N–H and O–H groups in total. The van der Waals surface area contributed by atoms with Crippen molar-refractivity contribution in [3.05, 3.63) is 29.3 Å². The zero-order chi connectivity index (χ0) is 17.6. The number of carbonyl (C=O) groups is 3. The van der Waals surface area contributed by atoms with Gasteiger partial charge in [-0.15, -0.1) is 0 Å². The van der Waals surface area contributed by atoms with Crippen molar-refractivity contribution in [2.45, 2.75) is 34.1 Å². The highest BCUT2D eigenvalue weighted by molar-refractivity contribution is 8.13. The third-order valence-electron chi connectivity index (χ3n) is 3.44. The van der Waals surface area contributed by atoms with Crippen molar-refractivity contribution < 1.29 is 19.5 Å². The van der Waals surface area contributed by atoms with Crippen LogP contribution in [0.15, 0.2) is 18.2 Å². The molecule has 0 radical (unpaired) electrons. The molecule has 1 atom stereocenters. The number of thioether (sulfide) groups is 1. The van der Waals surface area contributed by atoms with Crippen molar-refractivity contribution in [3.63, 3.8) is 0 Å². The Bertz CT molecular complexity index is 598. The van der Waals surface area contributed by atoms with Crippen LogP contribution in [0.2, 0.25) is 0 Å². The molecule has 0 saturated carbocycles. The Morgan fingerprint density at radius 1 is 1.26 bits per heavy atom. The minimum absolute atomic E-state index is 0.0180. The van der Waals surface area contributed by atoms with E-state index in [0.29, 0.717) is 29.3 Å². The zero-order valence-corrected chi connectivity index (χ0v) is 14.7. The van der Waals surface area contributed by atoms with E-state index >= 15 is 0 Å². The van der Waals surface area contributed by atoms with Crippen LogP contribution in [0.5, 0.6) is 0 Å². The van der Waals surface area contributed by atoms with Crippen LogP contribution >= 0.6 is 11.8 Å². The molecular weight excluding hydrogens is 314 g/mol. The number of rotatable bonds is 7. The fourth-order valence-electron chi connectivity index (χ4n) is 2.28. The fraction of sp³-hybridized carbons (Fsp3) is 0.471. The Hall–Kier alpha value is -1.82. The molecule has 0 aliphatic rings. The standard InChI is InChI=1S/C17H23NO4S/c1-10(2)8-13(9-23-12(4)19)16(20)18-15-7-5-6-14(11(15)3)17(21)22/h5-7,10,13H,8-9H2,1-4H3,(H,18,20)(H,21,22). The predicted molar refractivity (Wildman–Crippen MR) is 92.9 cm³/mol. The first-order valence-electron chi connectivity index (χ1n) is 7.49. The molecule has 0 bridgehead atoms. The maximum absolute atomic E-state index is 12.5. The minimum Gasteiger partial charge on any atom is -0.478 e. The van der Waals surface area contributed by atoms with Crippen LogP contribution in [-0.4, -0.2) is 27.9 Å². The average molecular weight is 337 g/mol. The molecule has 0 heterocycles. The molecule has 0 aliphatic carbocycles. The molecule has 23 heavy (non-hydrogen) atoms. The molecule has 0 spiro atoms. The Morgan fingerprint density at radius 3 is 2.43 bits per heavy atom. The number of carbonyl (C=O) groups excluding carboxylic acids is 2. The summed E-state index contributed by atoms with van der Waals surface area (Å²) in [6.45, 7) is 7.19. The van der Waals surface area contributed by atoms with E-state index in [4.69, 9.17) is 5.11 Å². The van der Waals surface area contributed by atoms with Crippen LogP contribution in [-0.2, 0) is 9.59 Å². The summed E-state index contributed by atoms with van der Waals surface area (Å²) in [5.41, 5.74) is 1.19. The lowest BCUT2D eigenvalue weighted by molar-refractivity contribution is -0.119. The lowest BCUT2D eigenvalue weighted by Gasteiger charge is -2.19. The van der Waals surface area contributed by atoms with Gasteiger partial charge in [-0.2, -0.15) is 0 Å². The fourth-order valence-corrected chi connectivity index (χ4v) is 3.00. The summed E-state index contributed by atoms with van der Waals surface area (Å²) >= 11 is 1.14. The second-order valence-corrected chi connectivity index (χ2v) is 7.10. The Balaban J connectivity index is 2.91. The highest BCUT2D eigenvalue weighted by Crippen LogP contribution is 2.23. The second kappa shape index (κ2) is 8.72. The number of carboxylic acids is 1. The molecule has 0 aliphatic heterocycles. The quantitative estimate of drug-likeness (QED) is 0.794. The summed E-state index contributed by atoms with van der Waals surface area (Å²) < 4.78 is 0. The first kappa shape index (κ1) is 19.2. The molecule has 1 amide bonds. The van der Waals surface area contributed by atoms with Crippen LogP contribution in [0.3, 0.4) is 0 Å². The molecule has 1 aromatic carbocycles. The van der Waals surface area contributed by atoms with Crippen LogP contribution in [0.4, 0.5) is 5.69 Å². The van der Waals surface area contributed by atoms with Crippen LogP contribution < -0.4 is 5.32 Å². The maximum Gasteiger partial charge on any atom is 0.336 e. The predicted octanol–water partition coefficient (Wildman–Crippen LogP) is 3.57. The Labute approximate surface area is 140 Å². The molecule has 0 fully saturated rings. The third-order valence-corrected chi connectivity index (χ3v) is 4.41. The van der Waals surface area contributed by atoms with Gasteiger partial charge in [0.05, 0.1) is 5.56 Å². The molecule has 1 rings (SSSR count). The van der Waals surface area contributed by atoms with Gasteiger partial charge in [0.15, 0.2) is 5.12 Å². The number of carboxylic acid groups (broad SMARTS) is 1. The van der Waals surface area contributed by atoms with Crippen molar-refractivity contribution in [3.8, 4) is 0 Å². The lowest BCUT2D eigenvalue weighted by atomic mass is 9.97. The van der Waals surface area contributed by atoms with Gasteiger partial charge < -0.3 is 10.4 Å². The van der Waals surface area contributed by atoms with Crippen LogP contribution in [0.1, 0.15) is 43.1 Å². The van der Waals surface area contributed by atoms with Gasteiger partial charge in [0.25, 0.3) is 0 Å². The summed E-state index contributed by atoms with van der Waals surface area (Å²) in [6, 6.07) is 4.79. The van der Waals surface area contributed by atoms with E-state index < -0.39 is 5.97 Å². The van der Waals surface area contributed by atoms with Gasteiger partial charge in [0.1, 0.15) is 0 Å². The number of benzene rings is 1. The molecule has 6 heteroatoms. The number of hydrogen-bond acceptors (Lipinski definition) is 4. The minimum atomic E-state index is -1.02. The number of anilines is 1. The molecule has 1 unspecified atom stereocenters. The Morgan fingerprint density at radius 2 is 1.91 bits per heavy atom. The molecule has 5 nitrogen and oxygen atoms in total. The van der Waals surface area contributed by atoms with Gasteiger partial charge in [0.2, 0.25) is 5.91 Å². The van der Waals surface area contributed by atoms with Gasteiger partial charge in [-0.25, -0.2) is 4.79 Å². The average Bonchev–Trinajstić information content (AvgIpc) is 2.44. The van der Waals surface area contributed by atoms with Crippen LogP contribution in [0, 0.1) is 18.8 Å². The SMILES string of the molecule is CC(=O)SCC(CC(C)C)C(=O)Nc1cccc(C(=O)O)c1C. The van der Waals surface area contributed by atoms with Gasteiger partial charge in [-0.05, 0) is 37.0 Å². The van der Waals surface area contributed by atoms with E-state index in [-0.39, 0.29) is 22.5 Å². The molecular formula is C17H23NO4S. The first-order valence-corrected chi connectivity index (χ1v) is 8.48. The van der Waals surface area contributed by atoms with E-state index in [1.165, 1.54) is 13.0 Å². The highest BCUT2D eigenvalue weighted by atomic mass is 32.2. The lowest BCUT2D eigenvalue weighted by Crippen LogP contribution is -2.27. The maximum atomic E-state index is 12.5. The van der Waals surface area contributed by atoms with E-state index in [9.17, 15) is 14.4 Å². The van der Waals surface area contributed by atoms with Crippen molar-refractivity contribution in [2.24, 2.45) is 11.8 Å².